The Hall–Kier alpha value is -2.76. The Kier molecular flexibility index (Phi) is 2.49. The summed E-state index contributed by atoms with van der Waals surface area (Å²) < 4.78 is 5.61. The molecule has 3 aromatic rings. The number of nitrogen functional groups attached to an aromatic ring is 1. The molecule has 0 aliphatic carbocycles. The van der Waals surface area contributed by atoms with Gasteiger partial charge in [0.15, 0.2) is 17.1 Å². The summed E-state index contributed by atoms with van der Waals surface area (Å²) in [5.41, 5.74) is 8.98. The van der Waals surface area contributed by atoms with Gasteiger partial charge in [0.1, 0.15) is 5.52 Å². The van der Waals surface area contributed by atoms with Crippen molar-refractivity contribution >= 4 is 22.5 Å². The second-order valence-corrected chi connectivity index (χ2v) is 4.13. The lowest BCUT2D eigenvalue weighted by Gasteiger charge is -2.03. The van der Waals surface area contributed by atoms with E-state index in [1.807, 2.05) is 6.92 Å². The highest BCUT2D eigenvalue weighted by molar-refractivity contribution is 5.76. The number of nitrogens with zero attached hydrogens (tertiary/aromatic N) is 4. The van der Waals surface area contributed by atoms with Crippen molar-refractivity contribution < 1.29 is 4.42 Å². The molecule has 0 unspecified atom stereocenters. The van der Waals surface area contributed by atoms with Crippen LogP contribution in [0.2, 0.25) is 0 Å². The number of nitrogens with two attached hydrogens (primary N) is 1. The molecule has 0 amide bonds. The third-order valence-corrected chi connectivity index (χ3v) is 2.63. The minimum Gasteiger partial charge on any atom is -0.434 e. The van der Waals surface area contributed by atoms with Crippen molar-refractivity contribution in [3.63, 3.8) is 0 Å². The molecule has 0 fully saturated rings. The van der Waals surface area contributed by atoms with Gasteiger partial charge in [-0.15, -0.1) is 0 Å². The lowest BCUT2D eigenvalue weighted by Crippen LogP contribution is -1.99. The minimum absolute atomic E-state index is 0.268. The van der Waals surface area contributed by atoms with Crippen LogP contribution in [-0.2, 0) is 0 Å². The van der Waals surface area contributed by atoms with Crippen molar-refractivity contribution in [2.24, 2.45) is 0 Å². The molecule has 0 bridgehead atoms. The smallest absolute Gasteiger partial charge is 0.250 e. The van der Waals surface area contributed by atoms with Crippen LogP contribution in [0.3, 0.4) is 0 Å². The highest BCUT2D eigenvalue weighted by Gasteiger charge is 2.14. The maximum Gasteiger partial charge on any atom is 0.250 e. The van der Waals surface area contributed by atoms with E-state index in [0.29, 0.717) is 28.4 Å². The second kappa shape index (κ2) is 4.16. The Morgan fingerprint density at radius 1 is 1.32 bits per heavy atom. The third-order valence-electron chi connectivity index (χ3n) is 2.63. The zero-order chi connectivity index (χ0) is 13.4. The summed E-state index contributed by atoms with van der Waals surface area (Å²) in [6.45, 7) is 5.68. The van der Waals surface area contributed by atoms with E-state index in [1.165, 1.54) is 0 Å². The van der Waals surface area contributed by atoms with Crippen molar-refractivity contribution in [1.29, 1.82) is 0 Å². The summed E-state index contributed by atoms with van der Waals surface area (Å²) in [4.78, 5) is 16.7. The van der Waals surface area contributed by atoms with Gasteiger partial charge < -0.3 is 10.2 Å². The van der Waals surface area contributed by atoms with Crippen LogP contribution in [0.15, 0.2) is 35.7 Å². The number of rotatable bonds is 2. The molecule has 0 aliphatic heterocycles. The molecule has 0 spiro atoms. The zero-order valence-electron chi connectivity index (χ0n) is 10.3. The van der Waals surface area contributed by atoms with Gasteiger partial charge in [-0.2, -0.15) is 0 Å². The maximum atomic E-state index is 5.82. The molecule has 2 N–H and O–H groups in total. The van der Waals surface area contributed by atoms with Crippen LogP contribution in [0.25, 0.3) is 28.3 Å². The molecule has 3 aromatic heterocycles. The zero-order valence-corrected chi connectivity index (χ0v) is 10.3. The number of hydrogen-bond acceptors (Lipinski definition) is 6. The van der Waals surface area contributed by atoms with Crippen LogP contribution in [0.1, 0.15) is 12.6 Å². The summed E-state index contributed by atoms with van der Waals surface area (Å²) in [5, 5.41) is 0. The summed E-state index contributed by atoms with van der Waals surface area (Å²) in [6.07, 6.45) is 4.83. The fraction of sp³-hybridized carbons (Fsp3) is 0.0769. The van der Waals surface area contributed by atoms with Crippen molar-refractivity contribution in [2.75, 3.05) is 5.73 Å². The number of fused-ring (bicyclic) bond motifs is 1. The molecular weight excluding hydrogens is 242 g/mol. The van der Waals surface area contributed by atoms with E-state index in [9.17, 15) is 0 Å². The molecule has 6 nitrogen and oxygen atoms in total. The standard InChI is InChI=1S/C13H11N5O/c1-7(2)8-6-16-12(14)11(17-8)13-18-9-5-15-4-3-10(9)19-13/h3-6H,1H2,2H3,(H2,14,16). The highest BCUT2D eigenvalue weighted by Crippen LogP contribution is 2.26. The Balaban J connectivity index is 2.20. The maximum absolute atomic E-state index is 5.82. The van der Waals surface area contributed by atoms with Crippen LogP contribution >= 0.6 is 0 Å². The monoisotopic (exact) mass is 253 g/mol. The predicted octanol–water partition coefficient (Wildman–Crippen LogP) is 2.30. The Morgan fingerprint density at radius 3 is 2.89 bits per heavy atom. The van der Waals surface area contributed by atoms with Gasteiger partial charge in [0.25, 0.3) is 0 Å². The van der Waals surface area contributed by atoms with E-state index >= 15 is 0 Å². The molecule has 0 radical (unpaired) electrons. The average molecular weight is 253 g/mol. The van der Waals surface area contributed by atoms with Gasteiger partial charge in [0.05, 0.1) is 18.1 Å². The van der Waals surface area contributed by atoms with Crippen molar-refractivity contribution in [2.45, 2.75) is 6.92 Å². The predicted molar refractivity (Wildman–Crippen MR) is 72.0 cm³/mol. The fourth-order valence-electron chi connectivity index (χ4n) is 1.64. The number of aromatic nitrogens is 4. The minimum atomic E-state index is 0.268. The molecule has 0 saturated heterocycles. The van der Waals surface area contributed by atoms with E-state index in [0.717, 1.165) is 5.57 Å². The van der Waals surface area contributed by atoms with E-state index < -0.39 is 0 Å². The first kappa shape index (κ1) is 11.3. The van der Waals surface area contributed by atoms with Gasteiger partial charge in [0.2, 0.25) is 5.89 Å². The van der Waals surface area contributed by atoms with Crippen molar-refractivity contribution in [3.05, 3.63) is 36.9 Å². The first-order valence-corrected chi connectivity index (χ1v) is 5.64. The third kappa shape index (κ3) is 1.93. The lowest BCUT2D eigenvalue weighted by molar-refractivity contribution is 0.616. The quantitative estimate of drug-likeness (QED) is 0.753. The Labute approximate surface area is 109 Å². The summed E-state index contributed by atoms with van der Waals surface area (Å²) in [5.74, 6) is 0.598. The van der Waals surface area contributed by atoms with Gasteiger partial charge in [-0.25, -0.2) is 15.0 Å². The van der Waals surface area contributed by atoms with Crippen LogP contribution in [0.5, 0.6) is 0 Å². The number of allylic oxidation sites excluding steroid dienone is 1. The first-order valence-electron chi connectivity index (χ1n) is 5.64. The van der Waals surface area contributed by atoms with E-state index in [-0.39, 0.29) is 5.82 Å². The van der Waals surface area contributed by atoms with Gasteiger partial charge in [0, 0.05) is 12.3 Å². The number of hydrogen-bond donors (Lipinski definition) is 1. The van der Waals surface area contributed by atoms with Gasteiger partial charge in [-0.05, 0) is 12.5 Å². The SMILES string of the molecule is C=C(C)c1cnc(N)c(-c2nc3cnccc3o2)n1. The Bertz CT molecular complexity index is 745. The molecule has 0 atom stereocenters. The molecule has 0 saturated carbocycles. The largest absolute Gasteiger partial charge is 0.434 e. The van der Waals surface area contributed by atoms with Gasteiger partial charge >= 0.3 is 0 Å². The number of oxazole rings is 1. The van der Waals surface area contributed by atoms with Crippen LogP contribution in [0, 0.1) is 0 Å². The molecular formula is C13H11N5O. The summed E-state index contributed by atoms with van der Waals surface area (Å²) in [7, 11) is 0. The molecule has 0 aliphatic rings. The van der Waals surface area contributed by atoms with Gasteiger partial charge in [-0.1, -0.05) is 6.58 Å². The van der Waals surface area contributed by atoms with Crippen molar-refractivity contribution in [3.8, 4) is 11.6 Å². The summed E-state index contributed by atoms with van der Waals surface area (Å²) in [6, 6.07) is 1.73. The summed E-state index contributed by atoms with van der Waals surface area (Å²) >= 11 is 0. The number of pyridine rings is 1. The van der Waals surface area contributed by atoms with Crippen LogP contribution in [0.4, 0.5) is 5.82 Å². The van der Waals surface area contributed by atoms with Crippen LogP contribution < -0.4 is 5.73 Å². The number of anilines is 1. The lowest BCUT2D eigenvalue weighted by atomic mass is 10.2. The van der Waals surface area contributed by atoms with Crippen molar-refractivity contribution in [1.82, 2.24) is 19.9 Å². The normalized spacial score (nSPS) is 10.8. The van der Waals surface area contributed by atoms with E-state index in [4.69, 9.17) is 10.2 Å². The molecule has 19 heavy (non-hydrogen) atoms. The topological polar surface area (TPSA) is 90.7 Å². The van der Waals surface area contributed by atoms with E-state index in [2.05, 4.69) is 26.5 Å². The van der Waals surface area contributed by atoms with Gasteiger partial charge in [-0.3, -0.25) is 4.98 Å². The first-order chi connectivity index (χ1) is 9.15. The molecule has 0 aromatic carbocycles. The van der Waals surface area contributed by atoms with Crippen LogP contribution in [-0.4, -0.2) is 19.9 Å². The molecule has 3 heterocycles. The average Bonchev–Trinajstić information content (AvgIpc) is 2.82. The molecule has 94 valence electrons. The Morgan fingerprint density at radius 2 is 2.16 bits per heavy atom. The fourth-order valence-corrected chi connectivity index (χ4v) is 1.64. The second-order valence-electron chi connectivity index (χ2n) is 4.13. The molecule has 6 heteroatoms. The highest BCUT2D eigenvalue weighted by atomic mass is 16.3. The van der Waals surface area contributed by atoms with E-state index in [1.54, 1.807) is 24.7 Å². The molecule has 3 rings (SSSR count).